The van der Waals surface area contributed by atoms with Crippen LogP contribution >= 0.6 is 0 Å². The highest BCUT2D eigenvalue weighted by atomic mass is 16.6. The maximum Gasteiger partial charge on any atom is 0.410 e. The molecule has 1 amide bonds. The van der Waals surface area contributed by atoms with Gasteiger partial charge in [-0.1, -0.05) is 0 Å². The first kappa shape index (κ1) is 11.9. The normalized spacial score (nSPS) is 14.8. The van der Waals surface area contributed by atoms with Crippen molar-refractivity contribution >= 4 is 11.7 Å². The molecular formula is C12H15N5O2. The first-order valence-corrected chi connectivity index (χ1v) is 6.10. The maximum absolute atomic E-state index is 12.0. The standard InChI is InChI=1S/C12H15N5O2/c1-12(2,3)19-11(18)16-6-8-9(7-16)15-17-10(8)13-4-5-14-17/h4-5H,6-7H2,1-3H3. The Morgan fingerprint density at radius 1 is 1.32 bits per heavy atom. The summed E-state index contributed by atoms with van der Waals surface area (Å²) < 4.78 is 6.85. The van der Waals surface area contributed by atoms with Crippen molar-refractivity contribution < 1.29 is 9.53 Å². The summed E-state index contributed by atoms with van der Waals surface area (Å²) in [5.41, 5.74) is 1.98. The number of aromatic nitrogens is 4. The molecule has 2 aromatic rings. The first-order chi connectivity index (χ1) is 8.94. The zero-order chi connectivity index (χ0) is 13.6. The fourth-order valence-electron chi connectivity index (χ4n) is 2.05. The van der Waals surface area contributed by atoms with E-state index in [9.17, 15) is 4.79 Å². The molecule has 0 aliphatic carbocycles. The summed E-state index contributed by atoms with van der Waals surface area (Å²) in [5, 5.41) is 8.40. The van der Waals surface area contributed by atoms with E-state index in [4.69, 9.17) is 4.74 Å². The molecule has 0 saturated heterocycles. The highest BCUT2D eigenvalue weighted by Crippen LogP contribution is 2.25. The van der Waals surface area contributed by atoms with Crippen LogP contribution in [-0.4, -0.2) is 36.4 Å². The number of carbonyl (C=O) groups excluding carboxylic acids is 1. The third-order valence-electron chi connectivity index (χ3n) is 2.80. The van der Waals surface area contributed by atoms with Crippen LogP contribution in [0, 0.1) is 0 Å². The molecule has 0 atom stereocenters. The third kappa shape index (κ3) is 2.11. The van der Waals surface area contributed by atoms with E-state index in [-0.39, 0.29) is 6.09 Å². The van der Waals surface area contributed by atoms with Gasteiger partial charge in [-0.2, -0.15) is 10.2 Å². The Bertz CT molecular complexity index is 643. The Hall–Kier alpha value is -2.18. The van der Waals surface area contributed by atoms with Gasteiger partial charge in [0.15, 0.2) is 5.65 Å². The van der Waals surface area contributed by atoms with Gasteiger partial charge in [0.05, 0.1) is 25.0 Å². The van der Waals surface area contributed by atoms with Gasteiger partial charge >= 0.3 is 6.09 Å². The average Bonchev–Trinajstić information content (AvgIpc) is 2.83. The van der Waals surface area contributed by atoms with Crippen LogP contribution in [0.5, 0.6) is 0 Å². The minimum atomic E-state index is -0.492. The van der Waals surface area contributed by atoms with Crippen LogP contribution in [0.4, 0.5) is 4.79 Å². The lowest BCUT2D eigenvalue weighted by Gasteiger charge is -2.24. The number of nitrogens with zero attached hydrogens (tertiary/aromatic N) is 5. The van der Waals surface area contributed by atoms with Gasteiger partial charge in [-0.15, -0.1) is 4.63 Å². The summed E-state index contributed by atoms with van der Waals surface area (Å²) in [6, 6.07) is 0. The van der Waals surface area contributed by atoms with Crippen molar-refractivity contribution in [2.45, 2.75) is 39.5 Å². The third-order valence-corrected chi connectivity index (χ3v) is 2.80. The van der Waals surface area contributed by atoms with Crippen molar-refractivity contribution in [1.29, 1.82) is 0 Å². The monoisotopic (exact) mass is 261 g/mol. The minimum Gasteiger partial charge on any atom is -0.444 e. The zero-order valence-corrected chi connectivity index (χ0v) is 11.1. The highest BCUT2D eigenvalue weighted by molar-refractivity contribution is 5.70. The molecule has 3 heterocycles. The van der Waals surface area contributed by atoms with Crippen LogP contribution in [0.3, 0.4) is 0 Å². The summed E-state index contributed by atoms with van der Waals surface area (Å²) in [7, 11) is 0. The maximum atomic E-state index is 12.0. The van der Waals surface area contributed by atoms with Gasteiger partial charge in [0, 0.05) is 11.8 Å². The summed E-state index contributed by atoms with van der Waals surface area (Å²) >= 11 is 0. The average molecular weight is 261 g/mol. The molecule has 0 unspecified atom stereocenters. The fourth-order valence-corrected chi connectivity index (χ4v) is 2.05. The number of carbonyl (C=O) groups is 1. The Balaban J connectivity index is 1.83. The Morgan fingerprint density at radius 2 is 2.11 bits per heavy atom. The molecule has 0 spiro atoms. The van der Waals surface area contributed by atoms with Crippen LogP contribution in [-0.2, 0) is 17.8 Å². The molecule has 0 aromatic carbocycles. The molecule has 2 aromatic heterocycles. The number of fused-ring (bicyclic) bond motifs is 3. The SMILES string of the molecule is CC(C)(C)OC(=O)N1Cc2nn3nccnc3c2C1. The molecule has 0 N–H and O–H groups in total. The van der Waals surface area contributed by atoms with Gasteiger partial charge in [0.25, 0.3) is 0 Å². The number of rotatable bonds is 0. The fraction of sp³-hybridized carbons (Fsp3) is 0.500. The van der Waals surface area contributed by atoms with Gasteiger partial charge in [-0.25, -0.2) is 9.78 Å². The summed E-state index contributed by atoms with van der Waals surface area (Å²) in [5.74, 6) is 0. The van der Waals surface area contributed by atoms with Gasteiger partial charge in [0.2, 0.25) is 0 Å². The van der Waals surface area contributed by atoms with Crippen molar-refractivity contribution in [1.82, 2.24) is 24.7 Å². The number of hydrogen-bond acceptors (Lipinski definition) is 5. The Morgan fingerprint density at radius 3 is 2.84 bits per heavy atom. The number of ether oxygens (including phenoxy) is 1. The molecule has 7 heteroatoms. The molecule has 0 fully saturated rings. The van der Waals surface area contributed by atoms with E-state index in [1.165, 1.54) is 4.63 Å². The van der Waals surface area contributed by atoms with Crippen molar-refractivity contribution in [2.24, 2.45) is 0 Å². The van der Waals surface area contributed by atoms with Crippen LogP contribution in [0.2, 0.25) is 0 Å². The predicted molar refractivity (Wildman–Crippen MR) is 66.3 cm³/mol. The van der Waals surface area contributed by atoms with E-state index in [0.29, 0.717) is 18.7 Å². The Kier molecular flexibility index (Phi) is 2.44. The van der Waals surface area contributed by atoms with E-state index in [1.807, 2.05) is 20.8 Å². The second-order valence-electron chi connectivity index (χ2n) is 5.52. The lowest BCUT2D eigenvalue weighted by atomic mass is 10.2. The summed E-state index contributed by atoms with van der Waals surface area (Å²) in [4.78, 5) is 17.9. The topological polar surface area (TPSA) is 72.6 Å². The zero-order valence-electron chi connectivity index (χ0n) is 11.1. The van der Waals surface area contributed by atoms with Crippen LogP contribution in [0.15, 0.2) is 12.4 Å². The summed E-state index contributed by atoms with van der Waals surface area (Å²) in [6.07, 6.45) is 2.88. The van der Waals surface area contributed by atoms with Crippen LogP contribution in [0.25, 0.3) is 5.65 Å². The quantitative estimate of drug-likeness (QED) is 0.716. The number of hydrogen-bond donors (Lipinski definition) is 0. The molecule has 0 saturated carbocycles. The highest BCUT2D eigenvalue weighted by Gasteiger charge is 2.31. The van der Waals surface area contributed by atoms with Gasteiger partial charge < -0.3 is 4.74 Å². The van der Waals surface area contributed by atoms with Crippen molar-refractivity contribution in [2.75, 3.05) is 0 Å². The van der Waals surface area contributed by atoms with E-state index in [0.717, 1.165) is 11.3 Å². The van der Waals surface area contributed by atoms with Crippen molar-refractivity contribution in [3.63, 3.8) is 0 Å². The second-order valence-corrected chi connectivity index (χ2v) is 5.52. The summed E-state index contributed by atoms with van der Waals surface area (Å²) in [6.45, 7) is 6.46. The molecular weight excluding hydrogens is 246 g/mol. The van der Waals surface area contributed by atoms with Gasteiger partial charge in [0.1, 0.15) is 5.60 Å². The molecule has 19 heavy (non-hydrogen) atoms. The predicted octanol–water partition coefficient (Wildman–Crippen LogP) is 1.37. The van der Waals surface area contributed by atoms with Crippen LogP contribution < -0.4 is 0 Å². The number of amides is 1. The largest absolute Gasteiger partial charge is 0.444 e. The first-order valence-electron chi connectivity index (χ1n) is 6.10. The Labute approximate surface area is 110 Å². The second kappa shape index (κ2) is 3.91. The van der Waals surface area contributed by atoms with E-state index in [1.54, 1.807) is 17.3 Å². The molecule has 3 rings (SSSR count). The van der Waals surface area contributed by atoms with Gasteiger partial charge in [-0.3, -0.25) is 4.90 Å². The lowest BCUT2D eigenvalue weighted by molar-refractivity contribution is 0.0240. The lowest BCUT2D eigenvalue weighted by Crippen LogP contribution is -2.33. The van der Waals surface area contributed by atoms with E-state index >= 15 is 0 Å². The molecule has 0 bridgehead atoms. The molecule has 7 nitrogen and oxygen atoms in total. The molecule has 100 valence electrons. The van der Waals surface area contributed by atoms with Crippen molar-refractivity contribution in [3.8, 4) is 0 Å². The minimum absolute atomic E-state index is 0.326. The molecule has 0 radical (unpaired) electrons. The van der Waals surface area contributed by atoms with Crippen molar-refractivity contribution in [3.05, 3.63) is 23.7 Å². The molecule has 1 aliphatic heterocycles. The molecule has 1 aliphatic rings. The van der Waals surface area contributed by atoms with Crippen LogP contribution in [0.1, 0.15) is 32.0 Å². The van der Waals surface area contributed by atoms with E-state index < -0.39 is 5.60 Å². The smallest absolute Gasteiger partial charge is 0.410 e. The van der Waals surface area contributed by atoms with Gasteiger partial charge in [-0.05, 0) is 20.8 Å². The van der Waals surface area contributed by atoms with E-state index in [2.05, 4.69) is 15.2 Å².